The van der Waals surface area contributed by atoms with Crippen LogP contribution in [0.15, 0.2) is 24.5 Å². The quantitative estimate of drug-likeness (QED) is 0.655. The van der Waals surface area contributed by atoms with E-state index in [0.29, 0.717) is 0 Å². The largest absolute Gasteiger partial charge is 0.360 e. The van der Waals surface area contributed by atoms with Crippen LogP contribution in [0.1, 0.15) is 31.9 Å². The van der Waals surface area contributed by atoms with Crippen LogP contribution in [0.25, 0.3) is 0 Å². The molecule has 2 rings (SSSR count). The highest BCUT2D eigenvalue weighted by Crippen LogP contribution is 2.33. The Balaban J connectivity index is 2.46. The van der Waals surface area contributed by atoms with Crippen molar-refractivity contribution >= 4 is 23.0 Å². The molecule has 2 aromatic rings. The Hall–Kier alpha value is -2.70. The van der Waals surface area contributed by atoms with Gasteiger partial charge in [0.1, 0.15) is 6.33 Å². The van der Waals surface area contributed by atoms with Crippen molar-refractivity contribution < 1.29 is 4.92 Å². The summed E-state index contributed by atoms with van der Waals surface area (Å²) >= 11 is 0. The van der Waals surface area contributed by atoms with E-state index in [9.17, 15) is 10.1 Å². The Morgan fingerprint density at radius 1 is 1.13 bits per heavy atom. The molecule has 7 nitrogen and oxygen atoms in total. The lowest BCUT2D eigenvalue weighted by molar-refractivity contribution is -0.383. The van der Waals surface area contributed by atoms with Gasteiger partial charge in [0.25, 0.3) is 0 Å². The third kappa shape index (κ3) is 4.15. The van der Waals surface area contributed by atoms with Crippen molar-refractivity contribution in [2.45, 2.75) is 40.2 Å². The van der Waals surface area contributed by atoms with Crippen molar-refractivity contribution in [1.82, 2.24) is 9.97 Å². The maximum atomic E-state index is 11.5. The van der Waals surface area contributed by atoms with Gasteiger partial charge < -0.3 is 10.6 Å². The summed E-state index contributed by atoms with van der Waals surface area (Å²) in [5.74, 6) is 0.369. The molecule has 0 bridgehead atoms. The first-order valence-corrected chi connectivity index (χ1v) is 7.29. The number of anilines is 3. The highest BCUT2D eigenvalue weighted by molar-refractivity contribution is 5.75. The molecule has 0 amide bonds. The van der Waals surface area contributed by atoms with E-state index >= 15 is 0 Å². The van der Waals surface area contributed by atoms with Gasteiger partial charge in [0.2, 0.25) is 11.6 Å². The SMILES string of the molecule is Cc1ccc(Nc2ncnc(NC(C)(C)C)c2[N+](=O)[O-])c(C)c1. The topological polar surface area (TPSA) is 93.0 Å². The Kier molecular flexibility index (Phi) is 4.49. The number of benzene rings is 1. The van der Waals surface area contributed by atoms with Crippen LogP contribution in [0, 0.1) is 24.0 Å². The van der Waals surface area contributed by atoms with Crippen molar-refractivity contribution in [1.29, 1.82) is 0 Å². The molecule has 0 saturated carbocycles. The third-order valence-electron chi connectivity index (χ3n) is 3.13. The lowest BCUT2D eigenvalue weighted by atomic mass is 10.1. The normalized spacial score (nSPS) is 11.2. The van der Waals surface area contributed by atoms with Crippen LogP contribution in [0.3, 0.4) is 0 Å². The van der Waals surface area contributed by atoms with E-state index in [4.69, 9.17) is 0 Å². The van der Waals surface area contributed by atoms with E-state index in [1.54, 1.807) is 0 Å². The lowest BCUT2D eigenvalue weighted by Gasteiger charge is -2.21. The van der Waals surface area contributed by atoms with Gasteiger partial charge in [-0.25, -0.2) is 9.97 Å². The molecule has 1 aromatic heterocycles. The second kappa shape index (κ2) is 6.20. The van der Waals surface area contributed by atoms with Crippen LogP contribution in [-0.2, 0) is 0 Å². The van der Waals surface area contributed by atoms with Gasteiger partial charge in [-0.15, -0.1) is 0 Å². The minimum Gasteiger partial charge on any atom is -0.360 e. The second-order valence-electron chi connectivity index (χ2n) is 6.49. The molecule has 0 fully saturated rings. The molecule has 122 valence electrons. The van der Waals surface area contributed by atoms with Gasteiger partial charge in [-0.05, 0) is 46.2 Å². The number of nitro groups is 1. The molecule has 1 aromatic carbocycles. The molecule has 0 aliphatic carbocycles. The van der Waals surface area contributed by atoms with E-state index in [-0.39, 0.29) is 22.9 Å². The molecule has 23 heavy (non-hydrogen) atoms. The molecule has 0 atom stereocenters. The number of nitrogens with zero attached hydrogens (tertiary/aromatic N) is 3. The zero-order valence-corrected chi connectivity index (χ0v) is 14.0. The van der Waals surface area contributed by atoms with Gasteiger partial charge in [0.05, 0.1) is 4.92 Å². The molecule has 0 unspecified atom stereocenters. The summed E-state index contributed by atoms with van der Waals surface area (Å²) in [5.41, 5.74) is 2.38. The number of hydrogen-bond acceptors (Lipinski definition) is 6. The van der Waals surface area contributed by atoms with Crippen LogP contribution in [0.4, 0.5) is 23.0 Å². The van der Waals surface area contributed by atoms with E-state index < -0.39 is 4.92 Å². The molecule has 0 spiro atoms. The lowest BCUT2D eigenvalue weighted by Crippen LogP contribution is -2.27. The monoisotopic (exact) mass is 315 g/mol. The van der Waals surface area contributed by atoms with Crippen LogP contribution < -0.4 is 10.6 Å². The smallest absolute Gasteiger partial charge is 0.353 e. The third-order valence-corrected chi connectivity index (χ3v) is 3.13. The van der Waals surface area contributed by atoms with Gasteiger partial charge in [-0.3, -0.25) is 10.1 Å². The fraction of sp³-hybridized carbons (Fsp3) is 0.375. The summed E-state index contributed by atoms with van der Waals surface area (Å²) in [6.45, 7) is 9.67. The Labute approximate surface area is 135 Å². The maximum Gasteiger partial charge on any atom is 0.353 e. The van der Waals surface area contributed by atoms with Crippen LogP contribution >= 0.6 is 0 Å². The fourth-order valence-electron chi connectivity index (χ4n) is 2.17. The minimum atomic E-state index is -0.472. The van der Waals surface area contributed by atoms with E-state index in [1.807, 2.05) is 52.8 Å². The minimum absolute atomic E-state index is 0.164. The van der Waals surface area contributed by atoms with Crippen LogP contribution in [-0.4, -0.2) is 20.4 Å². The Morgan fingerprint density at radius 2 is 1.78 bits per heavy atom. The van der Waals surface area contributed by atoms with E-state index in [1.165, 1.54) is 6.33 Å². The van der Waals surface area contributed by atoms with Gasteiger partial charge >= 0.3 is 5.69 Å². The number of nitrogens with one attached hydrogen (secondary N) is 2. The molecular formula is C16H21N5O2. The molecule has 7 heteroatoms. The predicted octanol–water partition coefficient (Wildman–Crippen LogP) is 3.96. The maximum absolute atomic E-state index is 11.5. The standard InChI is InChI=1S/C16H21N5O2/c1-10-6-7-12(11(2)8-10)19-14-13(21(22)23)15(18-9-17-14)20-16(3,4)5/h6-9H,1-5H3,(H2,17,18,19,20). The zero-order valence-electron chi connectivity index (χ0n) is 14.0. The summed E-state index contributed by atoms with van der Waals surface area (Å²) in [6, 6.07) is 5.83. The average Bonchev–Trinajstić information content (AvgIpc) is 2.40. The van der Waals surface area contributed by atoms with Crippen LogP contribution in [0.2, 0.25) is 0 Å². The zero-order chi connectivity index (χ0) is 17.2. The highest BCUT2D eigenvalue weighted by Gasteiger charge is 2.26. The van der Waals surface area contributed by atoms with Gasteiger partial charge in [0, 0.05) is 11.2 Å². The predicted molar refractivity (Wildman–Crippen MR) is 91.3 cm³/mol. The van der Waals surface area contributed by atoms with E-state index in [2.05, 4.69) is 20.6 Å². The van der Waals surface area contributed by atoms with Crippen molar-refractivity contribution in [3.05, 3.63) is 45.8 Å². The number of hydrogen-bond donors (Lipinski definition) is 2. The molecule has 0 saturated heterocycles. The summed E-state index contributed by atoms with van der Waals surface area (Å²) in [5, 5.41) is 17.6. The summed E-state index contributed by atoms with van der Waals surface area (Å²) in [4.78, 5) is 19.1. The molecule has 0 aliphatic rings. The van der Waals surface area contributed by atoms with Crippen molar-refractivity contribution in [2.75, 3.05) is 10.6 Å². The first-order valence-electron chi connectivity index (χ1n) is 7.29. The van der Waals surface area contributed by atoms with Crippen molar-refractivity contribution in [3.63, 3.8) is 0 Å². The average molecular weight is 315 g/mol. The number of rotatable bonds is 4. The summed E-state index contributed by atoms with van der Waals surface area (Å²) in [6.07, 6.45) is 1.31. The van der Waals surface area contributed by atoms with Crippen molar-refractivity contribution in [2.24, 2.45) is 0 Å². The highest BCUT2D eigenvalue weighted by atomic mass is 16.6. The van der Waals surface area contributed by atoms with Crippen LogP contribution in [0.5, 0.6) is 0 Å². The molecule has 0 radical (unpaired) electrons. The molecule has 0 aliphatic heterocycles. The first kappa shape index (κ1) is 16.7. The number of aromatic nitrogens is 2. The first-order chi connectivity index (χ1) is 10.7. The van der Waals surface area contributed by atoms with Gasteiger partial charge in [-0.2, -0.15) is 0 Å². The summed E-state index contributed by atoms with van der Waals surface area (Å²) < 4.78 is 0. The van der Waals surface area contributed by atoms with E-state index in [0.717, 1.165) is 16.8 Å². The second-order valence-corrected chi connectivity index (χ2v) is 6.49. The number of aryl methyl sites for hydroxylation is 2. The summed E-state index contributed by atoms with van der Waals surface area (Å²) in [7, 11) is 0. The molecule has 2 N–H and O–H groups in total. The Bertz CT molecular complexity index is 738. The fourth-order valence-corrected chi connectivity index (χ4v) is 2.17. The van der Waals surface area contributed by atoms with Gasteiger partial charge in [-0.1, -0.05) is 17.7 Å². The Morgan fingerprint density at radius 3 is 2.35 bits per heavy atom. The van der Waals surface area contributed by atoms with Crippen molar-refractivity contribution in [3.8, 4) is 0 Å². The molecule has 1 heterocycles. The van der Waals surface area contributed by atoms with Gasteiger partial charge in [0.15, 0.2) is 0 Å². The molecular weight excluding hydrogens is 294 g/mol.